The van der Waals surface area contributed by atoms with Crippen molar-refractivity contribution in [2.24, 2.45) is 15.7 Å². The lowest BCUT2D eigenvalue weighted by Crippen LogP contribution is -2.42. The molecule has 0 aliphatic carbocycles. The Morgan fingerprint density at radius 3 is 1.42 bits per heavy atom. The second-order valence-corrected chi connectivity index (χ2v) is 23.7. The van der Waals surface area contributed by atoms with Gasteiger partial charge in [0.2, 0.25) is 11.8 Å². The van der Waals surface area contributed by atoms with Gasteiger partial charge in [-0.05, 0) is 160 Å². The van der Waals surface area contributed by atoms with E-state index in [4.69, 9.17) is 34.2 Å². The Labute approximate surface area is 567 Å². The van der Waals surface area contributed by atoms with Crippen molar-refractivity contribution in [2.75, 3.05) is 93.6 Å². The number of hydrogen-bond donors (Lipinski definition) is 2. The zero-order chi connectivity index (χ0) is 66.6. The summed E-state index contributed by atoms with van der Waals surface area (Å²) in [6, 6.07) is 45.6. The van der Waals surface area contributed by atoms with Gasteiger partial charge >= 0.3 is 5.97 Å². The Balaban J connectivity index is 0.000000612. The van der Waals surface area contributed by atoms with Crippen LogP contribution in [0.4, 0.5) is 5.69 Å². The molecule has 0 saturated carbocycles. The number of carbonyl (C=O) groups excluding carboxylic acids is 3. The van der Waals surface area contributed by atoms with Gasteiger partial charge in [-0.3, -0.25) is 9.59 Å². The molecule has 0 heterocycles. The van der Waals surface area contributed by atoms with Crippen LogP contribution in [0.2, 0.25) is 0 Å². The summed E-state index contributed by atoms with van der Waals surface area (Å²) < 4.78 is 32.1. The molecule has 93 heavy (non-hydrogen) atoms. The smallest absolute Gasteiger partial charge is 0.339 e. The first-order valence-corrected chi connectivity index (χ1v) is 34.2. The van der Waals surface area contributed by atoms with E-state index in [9.17, 15) is 14.4 Å². The van der Waals surface area contributed by atoms with Gasteiger partial charge in [0.25, 0.3) is 0 Å². The normalized spacial score (nSPS) is 10.6. The quantitative estimate of drug-likeness (QED) is 0.0161. The minimum Gasteiger partial charge on any atom is -0.497 e. The van der Waals surface area contributed by atoms with Gasteiger partial charge in [-0.15, -0.1) is 24.2 Å². The predicted molar refractivity (Wildman–Crippen MR) is 385 cm³/mol. The SMILES string of the molecule is CCCCCCCCCCCCCCCCCCOc1ccc(CCC(=O)N(CC(=O)NC(c2ccc(OC)cc2)c2ccc(OC)cc2)c2ccc(SC)c(C(=O)OC)c2)cc1.CCN=C=NCCCN(C)C.COc1ccc(C(N)c2ccc(OC)cc2)cc1.Cl. The van der Waals surface area contributed by atoms with Gasteiger partial charge in [0, 0.05) is 23.5 Å². The van der Waals surface area contributed by atoms with E-state index in [1.807, 2.05) is 135 Å². The van der Waals surface area contributed by atoms with Gasteiger partial charge < -0.3 is 49.3 Å². The Morgan fingerprint density at radius 1 is 0.559 bits per heavy atom. The monoisotopic (exact) mass is 1310 g/mol. The second-order valence-electron chi connectivity index (χ2n) is 22.8. The number of nitrogens with two attached hydrogens (primary N) is 1. The number of nitrogens with one attached hydrogen (secondary N) is 1. The lowest BCUT2D eigenvalue weighted by molar-refractivity contribution is -0.124. The van der Waals surface area contributed by atoms with E-state index in [0.717, 1.165) is 77.5 Å². The van der Waals surface area contributed by atoms with Crippen LogP contribution in [-0.2, 0) is 20.7 Å². The van der Waals surface area contributed by atoms with Crippen molar-refractivity contribution >= 4 is 53.6 Å². The molecule has 0 aliphatic heterocycles. The molecule has 0 aliphatic rings. The second kappa shape index (κ2) is 48.4. The van der Waals surface area contributed by atoms with Gasteiger partial charge in [-0.25, -0.2) is 14.8 Å². The number of carbonyl (C=O) groups is 3. The van der Waals surface area contributed by atoms with Crippen molar-refractivity contribution in [3.8, 4) is 28.7 Å². The average molecular weight is 1320 g/mol. The number of unbranched alkanes of at least 4 members (excludes halogenated alkanes) is 15. The third-order valence-electron chi connectivity index (χ3n) is 15.6. The van der Waals surface area contributed by atoms with E-state index >= 15 is 0 Å². The highest BCUT2D eigenvalue weighted by molar-refractivity contribution is 7.98. The van der Waals surface area contributed by atoms with Crippen LogP contribution in [0.3, 0.4) is 0 Å². The van der Waals surface area contributed by atoms with Gasteiger partial charge in [-0.2, -0.15) is 0 Å². The molecular formula is C76H107ClN6O9S. The lowest BCUT2D eigenvalue weighted by atomic mass is 9.98. The molecular weight excluding hydrogens is 1210 g/mol. The standard InChI is InChI=1S/C53H72N2O7S.C15H17NO2.C8H17N3.ClH/c1-6-7-8-9-10-11-12-13-14-15-16-17-18-19-20-21-38-62-47-30-22-41(23-31-47)24-37-51(57)55(44-29-36-49(63-5)48(39-44)53(58)61-4)40-50(56)54-52(42-25-32-45(59-2)33-26-42)43-27-34-46(60-3)35-28-43;1-17-13-7-3-11(4-8-13)15(16)12-5-9-14(18-2)10-6-12;1-4-9-8-10-6-5-7-11(2)3;/h22-23,25-36,39,52H,6-21,24,37-38,40H2,1-5H3,(H,54,56);3-10,15H,16H2,1-2H3;4-7H2,1-3H3;1H. The van der Waals surface area contributed by atoms with E-state index in [0.29, 0.717) is 40.7 Å². The summed E-state index contributed by atoms with van der Waals surface area (Å²) in [6.07, 6.45) is 25.0. The number of benzene rings is 6. The molecule has 0 aromatic heterocycles. The molecule has 2 amide bonds. The van der Waals surface area contributed by atoms with Crippen molar-refractivity contribution in [1.29, 1.82) is 0 Å². The fourth-order valence-corrected chi connectivity index (χ4v) is 10.8. The summed E-state index contributed by atoms with van der Waals surface area (Å²) in [5.41, 5.74) is 11.7. The summed E-state index contributed by atoms with van der Waals surface area (Å²) in [5.74, 6) is 2.72. The average Bonchev–Trinajstić information content (AvgIpc) is 1.25. The first kappa shape index (κ1) is 79.9. The highest BCUT2D eigenvalue weighted by atomic mass is 35.5. The summed E-state index contributed by atoms with van der Waals surface area (Å²) in [6.45, 7) is 7.36. The van der Waals surface area contributed by atoms with Gasteiger partial charge in [0.1, 0.15) is 35.3 Å². The van der Waals surface area contributed by atoms with Crippen LogP contribution in [0.5, 0.6) is 28.7 Å². The summed E-state index contributed by atoms with van der Waals surface area (Å²) >= 11 is 1.40. The maximum atomic E-state index is 14.1. The third kappa shape index (κ3) is 31.4. The molecule has 0 unspecified atom stereocenters. The van der Waals surface area contributed by atoms with E-state index in [1.54, 1.807) is 46.6 Å². The zero-order valence-electron chi connectivity index (χ0n) is 57.3. The Kier molecular flexibility index (Phi) is 41.6. The molecule has 6 aromatic carbocycles. The summed E-state index contributed by atoms with van der Waals surface area (Å²) in [4.78, 5) is 53.1. The third-order valence-corrected chi connectivity index (χ3v) is 16.4. The molecule has 0 radical (unpaired) electrons. The molecule has 17 heteroatoms. The molecule has 0 atom stereocenters. The highest BCUT2D eigenvalue weighted by Crippen LogP contribution is 2.30. The number of thioether (sulfide) groups is 1. The molecule has 6 rings (SSSR count). The van der Waals surface area contributed by atoms with Crippen molar-refractivity contribution in [1.82, 2.24) is 10.2 Å². The molecule has 6 aromatic rings. The van der Waals surface area contributed by atoms with Gasteiger partial charge in [0.15, 0.2) is 0 Å². The van der Waals surface area contributed by atoms with Crippen LogP contribution in [-0.4, -0.2) is 117 Å². The number of ether oxygens (including phenoxy) is 6. The molecule has 0 spiro atoms. The number of hydrogen-bond acceptors (Lipinski definition) is 14. The van der Waals surface area contributed by atoms with Crippen LogP contribution >= 0.6 is 24.2 Å². The summed E-state index contributed by atoms with van der Waals surface area (Å²) in [7, 11) is 12.0. The topological polar surface area (TPSA) is 176 Å². The first-order chi connectivity index (χ1) is 44.8. The zero-order valence-corrected chi connectivity index (χ0v) is 58.9. The van der Waals surface area contributed by atoms with Crippen LogP contribution < -0.4 is 39.6 Å². The number of aryl methyl sites for hydroxylation is 1. The van der Waals surface area contributed by atoms with Gasteiger partial charge in [-0.1, -0.05) is 164 Å². The Hall–Kier alpha value is -7.33. The van der Waals surface area contributed by atoms with Crippen molar-refractivity contribution in [3.63, 3.8) is 0 Å². The van der Waals surface area contributed by atoms with Crippen LogP contribution in [0, 0.1) is 0 Å². The predicted octanol–water partition coefficient (Wildman–Crippen LogP) is 17.0. The van der Waals surface area contributed by atoms with E-state index < -0.39 is 12.0 Å². The first-order valence-electron chi connectivity index (χ1n) is 32.9. The highest BCUT2D eigenvalue weighted by Gasteiger charge is 2.25. The maximum absolute atomic E-state index is 14.1. The number of aliphatic imine (C=N–C) groups is 2. The van der Waals surface area contributed by atoms with Crippen LogP contribution in [0.15, 0.2) is 154 Å². The Bertz CT molecular complexity index is 2940. The summed E-state index contributed by atoms with van der Waals surface area (Å²) in [5, 5.41) is 3.16. The van der Waals surface area contributed by atoms with Crippen molar-refractivity contribution < 1.29 is 42.8 Å². The lowest BCUT2D eigenvalue weighted by Gasteiger charge is -2.26. The van der Waals surface area contributed by atoms with E-state index in [-0.39, 0.29) is 43.2 Å². The Morgan fingerprint density at radius 2 is 1.00 bits per heavy atom. The molecule has 0 bridgehead atoms. The largest absolute Gasteiger partial charge is 0.497 e. The molecule has 0 fully saturated rings. The molecule has 3 N–H and O–H groups in total. The maximum Gasteiger partial charge on any atom is 0.339 e. The molecule has 508 valence electrons. The number of nitrogens with zero attached hydrogens (tertiary/aromatic N) is 4. The minimum absolute atomic E-state index is 0. The van der Waals surface area contributed by atoms with E-state index in [2.05, 4.69) is 47.2 Å². The molecule has 0 saturated heterocycles. The van der Waals surface area contributed by atoms with Crippen LogP contribution in [0.25, 0.3) is 0 Å². The van der Waals surface area contributed by atoms with Crippen molar-refractivity contribution in [3.05, 3.63) is 173 Å². The number of anilines is 1. The minimum atomic E-state index is -0.527. The van der Waals surface area contributed by atoms with Crippen LogP contribution in [0.1, 0.15) is 180 Å². The number of methoxy groups -OCH3 is 5. The molecule has 15 nitrogen and oxygen atoms in total. The number of rotatable bonds is 40. The fraction of sp³-hybridized carbons (Fsp3) is 0.474. The van der Waals surface area contributed by atoms with Crippen molar-refractivity contribution in [2.45, 2.75) is 153 Å². The number of esters is 1. The van der Waals surface area contributed by atoms with Gasteiger partial charge in [0.05, 0.1) is 72.4 Å². The number of halogens is 1. The number of amides is 2. The fourth-order valence-electron chi connectivity index (χ4n) is 10.2. The van der Waals surface area contributed by atoms with E-state index in [1.165, 1.54) is 120 Å².